The molecule has 1 aromatic carbocycles. The molecular formula is C10H11FN4O2S. The molecule has 18 heavy (non-hydrogen) atoms. The molecule has 6 nitrogen and oxygen atoms in total. The Balaban J connectivity index is 2.13. The maximum Gasteiger partial charge on any atom is 0.260 e. The molecule has 0 fully saturated rings. The molecule has 0 atom stereocenters. The molecule has 1 heterocycles. The van der Waals surface area contributed by atoms with Crippen molar-refractivity contribution in [1.82, 2.24) is 14.6 Å². The summed E-state index contributed by atoms with van der Waals surface area (Å²) in [5.41, 5.74) is 2.36. The Morgan fingerprint density at radius 2 is 2.06 bits per heavy atom. The van der Waals surface area contributed by atoms with Crippen molar-refractivity contribution in [2.24, 2.45) is 7.05 Å². The first-order valence-electron chi connectivity index (χ1n) is 5.00. The first-order valence-corrected chi connectivity index (χ1v) is 6.48. The number of nitrogens with zero attached hydrogens (tertiary/aromatic N) is 2. The number of nitrogens with one attached hydrogen (secondary N) is 2. The molecule has 0 amide bonds. The molecule has 0 saturated heterocycles. The second-order valence-electron chi connectivity index (χ2n) is 3.56. The number of benzene rings is 1. The Hall–Kier alpha value is -1.93. The first kappa shape index (κ1) is 12.5. The summed E-state index contributed by atoms with van der Waals surface area (Å²) in [5, 5.41) is 3.75. The average Bonchev–Trinajstić information content (AvgIpc) is 2.76. The fourth-order valence-electron chi connectivity index (χ4n) is 1.28. The lowest BCUT2D eigenvalue weighted by molar-refractivity contribution is 0.586. The van der Waals surface area contributed by atoms with E-state index < -0.39 is 15.8 Å². The van der Waals surface area contributed by atoms with E-state index in [0.717, 1.165) is 0 Å². The van der Waals surface area contributed by atoms with Gasteiger partial charge in [0, 0.05) is 13.2 Å². The molecule has 0 bridgehead atoms. The summed E-state index contributed by atoms with van der Waals surface area (Å²) in [5.74, 6) is -0.550. The molecule has 2 rings (SSSR count). The van der Waals surface area contributed by atoms with Crippen molar-refractivity contribution in [1.29, 1.82) is 0 Å². The summed E-state index contributed by atoms with van der Waals surface area (Å²) in [4.78, 5) is 2.07. The maximum atomic E-state index is 13.3. The van der Waals surface area contributed by atoms with Crippen LogP contribution in [0, 0.1) is 5.82 Å². The molecule has 96 valence electrons. The van der Waals surface area contributed by atoms with E-state index >= 15 is 0 Å². The molecule has 0 aliphatic heterocycles. The van der Waals surface area contributed by atoms with Crippen molar-refractivity contribution < 1.29 is 12.8 Å². The predicted molar refractivity (Wildman–Crippen MR) is 63.6 cm³/mol. The zero-order valence-corrected chi connectivity index (χ0v) is 10.3. The second kappa shape index (κ2) is 4.75. The van der Waals surface area contributed by atoms with Crippen molar-refractivity contribution in [2.45, 2.75) is 4.90 Å². The summed E-state index contributed by atoms with van der Waals surface area (Å²) in [6.07, 6.45) is 2.54. The van der Waals surface area contributed by atoms with Crippen molar-refractivity contribution in [3.8, 4) is 0 Å². The Kier molecular flexibility index (Phi) is 3.30. The molecule has 0 unspecified atom stereocenters. The quantitative estimate of drug-likeness (QED) is 0.808. The molecule has 2 N–H and O–H groups in total. The molecule has 1 aromatic heterocycles. The van der Waals surface area contributed by atoms with Gasteiger partial charge in [-0.2, -0.15) is 5.10 Å². The predicted octanol–water partition coefficient (Wildman–Crippen LogP) is 0.865. The van der Waals surface area contributed by atoms with E-state index in [-0.39, 0.29) is 10.6 Å². The Bertz CT molecular complexity index is 653. The zero-order valence-electron chi connectivity index (χ0n) is 9.46. The largest absolute Gasteiger partial charge is 0.305 e. The molecule has 0 radical (unpaired) electrons. The fourth-order valence-corrected chi connectivity index (χ4v) is 2.12. The van der Waals surface area contributed by atoms with E-state index in [2.05, 4.69) is 15.4 Å². The van der Waals surface area contributed by atoms with Gasteiger partial charge in [-0.1, -0.05) is 12.1 Å². The Labute approximate surface area is 103 Å². The molecule has 0 aliphatic carbocycles. The van der Waals surface area contributed by atoms with Gasteiger partial charge >= 0.3 is 0 Å². The lowest BCUT2D eigenvalue weighted by Gasteiger charge is -2.08. The van der Waals surface area contributed by atoms with Crippen molar-refractivity contribution in [3.63, 3.8) is 0 Å². The second-order valence-corrected chi connectivity index (χ2v) is 5.24. The van der Waals surface area contributed by atoms with Crippen molar-refractivity contribution >= 4 is 15.7 Å². The highest BCUT2D eigenvalue weighted by Crippen LogP contribution is 2.12. The fraction of sp³-hybridized carbons (Fsp3) is 0.100. The third-order valence-corrected chi connectivity index (χ3v) is 3.39. The number of para-hydroxylation sites is 1. The number of anilines is 1. The van der Waals surface area contributed by atoms with Crippen molar-refractivity contribution in [3.05, 3.63) is 42.5 Å². The van der Waals surface area contributed by atoms with Crippen LogP contribution in [0.5, 0.6) is 0 Å². The topological polar surface area (TPSA) is 76.0 Å². The van der Waals surface area contributed by atoms with E-state index in [1.165, 1.54) is 35.3 Å². The molecule has 2 aromatic rings. The Morgan fingerprint density at radius 3 is 2.67 bits per heavy atom. The van der Waals surface area contributed by atoms with Gasteiger partial charge in [-0.3, -0.25) is 4.68 Å². The maximum absolute atomic E-state index is 13.3. The van der Waals surface area contributed by atoms with Crippen LogP contribution in [0.2, 0.25) is 0 Å². The minimum atomic E-state index is -3.77. The number of sulfonamides is 1. The highest BCUT2D eigenvalue weighted by molar-refractivity contribution is 7.89. The van der Waals surface area contributed by atoms with Gasteiger partial charge in [0.05, 0.1) is 11.9 Å². The van der Waals surface area contributed by atoms with Crippen LogP contribution < -0.4 is 10.3 Å². The summed E-state index contributed by atoms with van der Waals surface area (Å²) < 4.78 is 38.2. The van der Waals surface area contributed by atoms with Gasteiger partial charge in [-0.25, -0.2) is 12.8 Å². The summed E-state index contributed by atoms with van der Waals surface area (Å²) >= 11 is 0. The monoisotopic (exact) mass is 270 g/mol. The van der Waals surface area contributed by atoms with E-state index in [0.29, 0.717) is 0 Å². The van der Waals surface area contributed by atoms with Crippen LogP contribution in [-0.2, 0) is 17.1 Å². The summed E-state index contributed by atoms with van der Waals surface area (Å²) in [6.45, 7) is 0. The van der Waals surface area contributed by atoms with Gasteiger partial charge in [0.2, 0.25) is 0 Å². The molecular weight excluding hydrogens is 259 g/mol. The Morgan fingerprint density at radius 1 is 1.33 bits per heavy atom. The highest BCUT2D eigenvalue weighted by atomic mass is 32.2. The van der Waals surface area contributed by atoms with E-state index in [1.54, 1.807) is 13.1 Å². The number of aromatic nitrogens is 2. The lowest BCUT2D eigenvalue weighted by Crippen LogP contribution is -2.29. The van der Waals surface area contributed by atoms with E-state index in [4.69, 9.17) is 0 Å². The van der Waals surface area contributed by atoms with Gasteiger partial charge in [0.25, 0.3) is 10.0 Å². The van der Waals surface area contributed by atoms with Gasteiger partial charge in [-0.05, 0) is 12.1 Å². The first-order chi connectivity index (χ1) is 8.49. The number of halogens is 1. The van der Waals surface area contributed by atoms with Crippen LogP contribution in [0.25, 0.3) is 0 Å². The normalized spacial score (nSPS) is 11.4. The minimum Gasteiger partial charge on any atom is -0.305 e. The van der Waals surface area contributed by atoms with Crippen LogP contribution in [0.1, 0.15) is 0 Å². The number of hydrazine groups is 1. The van der Waals surface area contributed by atoms with Gasteiger partial charge in [0.15, 0.2) is 0 Å². The van der Waals surface area contributed by atoms with Crippen LogP contribution in [-0.4, -0.2) is 18.2 Å². The minimum absolute atomic E-state index is 0.00570. The smallest absolute Gasteiger partial charge is 0.260 e. The zero-order chi connectivity index (χ0) is 13.2. The van der Waals surface area contributed by atoms with Crippen molar-refractivity contribution in [2.75, 3.05) is 5.43 Å². The van der Waals surface area contributed by atoms with Crippen LogP contribution >= 0.6 is 0 Å². The number of hydrogen-bond donors (Lipinski definition) is 2. The van der Waals surface area contributed by atoms with Crippen LogP contribution in [0.15, 0.2) is 41.6 Å². The van der Waals surface area contributed by atoms with E-state index in [1.807, 2.05) is 0 Å². The third kappa shape index (κ3) is 2.66. The summed E-state index contributed by atoms with van der Waals surface area (Å²) in [6, 6.07) is 5.74. The molecule has 0 aliphatic rings. The van der Waals surface area contributed by atoms with Gasteiger partial charge < -0.3 is 5.43 Å². The number of rotatable bonds is 4. The molecule has 0 saturated carbocycles. The average molecular weight is 270 g/mol. The lowest BCUT2D eigenvalue weighted by atomic mass is 10.3. The molecule has 8 heteroatoms. The summed E-state index contributed by atoms with van der Waals surface area (Å²) in [7, 11) is -2.17. The molecule has 0 spiro atoms. The van der Waals surface area contributed by atoms with Gasteiger partial charge in [-0.15, -0.1) is 4.83 Å². The number of hydrogen-bond acceptors (Lipinski definition) is 4. The standard InChI is InChI=1S/C10H11FN4O2S/c1-15-7-8(6-12-15)18(16,17)14-13-10-5-3-2-4-9(10)11/h2-7,13-14H,1H3. The van der Waals surface area contributed by atoms with Gasteiger partial charge in [0.1, 0.15) is 10.7 Å². The van der Waals surface area contributed by atoms with E-state index in [9.17, 15) is 12.8 Å². The van der Waals surface area contributed by atoms with Crippen LogP contribution in [0.4, 0.5) is 10.1 Å². The third-order valence-electron chi connectivity index (χ3n) is 2.19. The van der Waals surface area contributed by atoms with Crippen LogP contribution in [0.3, 0.4) is 0 Å². The highest BCUT2D eigenvalue weighted by Gasteiger charge is 2.16. The number of aryl methyl sites for hydroxylation is 1. The SMILES string of the molecule is Cn1cc(S(=O)(=O)NNc2ccccc2F)cn1.